The second-order valence-electron chi connectivity index (χ2n) is 5.71. The summed E-state index contributed by atoms with van der Waals surface area (Å²) in [6.45, 7) is 6.48. The van der Waals surface area contributed by atoms with Crippen LogP contribution in [0.2, 0.25) is 0 Å². The molecular weight excluding hydrogens is 443 g/mol. The average molecular weight is 472 g/mol. The maximum atomic E-state index is 11.3. The van der Waals surface area contributed by atoms with Crippen LogP contribution in [0.5, 0.6) is 0 Å². The molecule has 7 heteroatoms. The van der Waals surface area contributed by atoms with Crippen LogP contribution in [0.4, 0.5) is 0 Å². The molecule has 2 aromatic rings. The van der Waals surface area contributed by atoms with Crippen LogP contribution in [0.15, 0.2) is 35.5 Å². The van der Waals surface area contributed by atoms with E-state index >= 15 is 0 Å². The van der Waals surface area contributed by atoms with Crippen LogP contribution in [0, 0.1) is 0 Å². The van der Waals surface area contributed by atoms with Crippen LogP contribution < -0.4 is 10.6 Å². The molecule has 0 spiro atoms. The van der Waals surface area contributed by atoms with Crippen molar-refractivity contribution in [1.82, 2.24) is 15.6 Å². The Balaban J connectivity index is 0.00000338. The van der Waals surface area contributed by atoms with Crippen LogP contribution in [0.3, 0.4) is 0 Å². The molecule has 0 atom stereocenters. The summed E-state index contributed by atoms with van der Waals surface area (Å²) in [5.74, 6) is 0.626. The molecule has 0 fully saturated rings. The Morgan fingerprint density at radius 3 is 2.81 bits per heavy atom. The van der Waals surface area contributed by atoms with Gasteiger partial charge in [-0.25, -0.2) is 0 Å². The number of hydrogen-bond donors (Lipinski definition) is 3. The van der Waals surface area contributed by atoms with E-state index < -0.39 is 0 Å². The van der Waals surface area contributed by atoms with Crippen molar-refractivity contribution in [3.63, 3.8) is 0 Å². The zero-order valence-corrected chi connectivity index (χ0v) is 17.8. The number of para-hydroxylation sites is 1. The zero-order chi connectivity index (χ0) is 17.9. The minimum Gasteiger partial charge on any atom is -0.466 e. The molecule has 26 heavy (non-hydrogen) atoms. The first-order valence-corrected chi connectivity index (χ1v) is 8.97. The van der Waals surface area contributed by atoms with E-state index in [1.54, 1.807) is 0 Å². The van der Waals surface area contributed by atoms with Crippen molar-refractivity contribution in [2.24, 2.45) is 4.99 Å². The lowest BCUT2D eigenvalue weighted by Gasteiger charge is -2.11. The van der Waals surface area contributed by atoms with Crippen LogP contribution in [0.25, 0.3) is 10.9 Å². The second kappa shape index (κ2) is 12.6. The number of H-pyrrole nitrogens is 1. The third kappa shape index (κ3) is 7.23. The van der Waals surface area contributed by atoms with Crippen molar-refractivity contribution < 1.29 is 9.53 Å². The van der Waals surface area contributed by atoms with E-state index in [9.17, 15) is 4.79 Å². The molecule has 0 saturated heterocycles. The summed E-state index contributed by atoms with van der Waals surface area (Å²) in [6.07, 6.45) is 4.08. The second-order valence-corrected chi connectivity index (χ2v) is 5.71. The van der Waals surface area contributed by atoms with Crippen molar-refractivity contribution in [3.8, 4) is 0 Å². The average Bonchev–Trinajstić information content (AvgIpc) is 3.02. The summed E-state index contributed by atoms with van der Waals surface area (Å²) >= 11 is 0. The Kier molecular flexibility index (Phi) is 10.8. The van der Waals surface area contributed by atoms with Gasteiger partial charge in [-0.15, -0.1) is 24.0 Å². The Morgan fingerprint density at radius 2 is 2.04 bits per heavy atom. The largest absolute Gasteiger partial charge is 0.466 e. The van der Waals surface area contributed by atoms with E-state index in [1.165, 1.54) is 10.9 Å². The fourth-order valence-electron chi connectivity index (χ4n) is 2.64. The number of esters is 1. The van der Waals surface area contributed by atoms with Gasteiger partial charge in [0.15, 0.2) is 5.96 Å². The van der Waals surface area contributed by atoms with Gasteiger partial charge in [0.25, 0.3) is 0 Å². The van der Waals surface area contributed by atoms with E-state index in [0.717, 1.165) is 31.0 Å². The number of aromatic nitrogens is 1. The number of benzene rings is 1. The normalized spacial score (nSPS) is 11.1. The summed E-state index contributed by atoms with van der Waals surface area (Å²) in [5, 5.41) is 7.84. The standard InChI is InChI=1S/C19H28N4O2.HI/c1-3-20-19(21-12-7-10-18(24)25-4-2)22-13-11-15-14-23-17-9-6-5-8-16(15)17;/h5-6,8-9,14,23H,3-4,7,10-13H2,1-2H3,(H2,20,21,22);1H. The monoisotopic (exact) mass is 472 g/mol. The van der Waals surface area contributed by atoms with E-state index in [2.05, 4.69) is 45.0 Å². The summed E-state index contributed by atoms with van der Waals surface area (Å²) in [5.41, 5.74) is 2.46. The minimum atomic E-state index is -0.157. The van der Waals surface area contributed by atoms with Crippen molar-refractivity contribution in [1.29, 1.82) is 0 Å². The molecular formula is C19H29IN4O2. The van der Waals surface area contributed by atoms with Gasteiger partial charge in [0, 0.05) is 43.2 Å². The van der Waals surface area contributed by atoms with Gasteiger partial charge in [-0.05, 0) is 38.3 Å². The molecule has 1 aromatic carbocycles. The number of guanidine groups is 1. The first-order chi connectivity index (χ1) is 12.2. The van der Waals surface area contributed by atoms with Gasteiger partial charge in [-0.2, -0.15) is 0 Å². The molecule has 1 aromatic heterocycles. The number of carbonyl (C=O) groups is 1. The van der Waals surface area contributed by atoms with E-state index in [1.807, 2.05) is 19.9 Å². The van der Waals surface area contributed by atoms with Crippen molar-refractivity contribution in [2.45, 2.75) is 33.1 Å². The summed E-state index contributed by atoms with van der Waals surface area (Å²) in [4.78, 5) is 19.1. The molecule has 144 valence electrons. The Bertz CT molecular complexity index is 700. The van der Waals surface area contributed by atoms with Gasteiger partial charge in [0.1, 0.15) is 0 Å². The number of nitrogens with one attached hydrogen (secondary N) is 3. The predicted octanol–water partition coefficient (Wildman–Crippen LogP) is 3.23. The van der Waals surface area contributed by atoms with Crippen LogP contribution >= 0.6 is 24.0 Å². The molecule has 1 heterocycles. The molecule has 0 radical (unpaired) electrons. The quantitative estimate of drug-likeness (QED) is 0.172. The molecule has 6 nitrogen and oxygen atoms in total. The lowest BCUT2D eigenvalue weighted by Crippen LogP contribution is -2.38. The van der Waals surface area contributed by atoms with Crippen molar-refractivity contribution >= 4 is 46.8 Å². The highest BCUT2D eigenvalue weighted by Gasteiger charge is 2.04. The lowest BCUT2D eigenvalue weighted by atomic mass is 10.1. The van der Waals surface area contributed by atoms with Gasteiger partial charge in [-0.1, -0.05) is 18.2 Å². The fraction of sp³-hybridized carbons (Fsp3) is 0.474. The number of carbonyl (C=O) groups excluding carboxylic acids is 1. The van der Waals surface area contributed by atoms with Gasteiger partial charge in [0.2, 0.25) is 0 Å². The molecule has 0 saturated carbocycles. The smallest absolute Gasteiger partial charge is 0.305 e. The Hall–Kier alpha value is -1.77. The number of halogens is 1. The highest BCUT2D eigenvalue weighted by Crippen LogP contribution is 2.17. The molecule has 3 N–H and O–H groups in total. The van der Waals surface area contributed by atoms with E-state index in [0.29, 0.717) is 26.0 Å². The topological polar surface area (TPSA) is 78.5 Å². The first kappa shape index (κ1) is 22.3. The summed E-state index contributed by atoms with van der Waals surface area (Å²) in [7, 11) is 0. The molecule has 0 aliphatic heterocycles. The molecule has 0 unspecified atom stereocenters. The third-order valence-corrected chi connectivity index (χ3v) is 3.82. The number of aromatic amines is 1. The number of fused-ring (bicyclic) bond motifs is 1. The predicted molar refractivity (Wildman–Crippen MR) is 117 cm³/mol. The lowest BCUT2D eigenvalue weighted by molar-refractivity contribution is -0.143. The van der Waals surface area contributed by atoms with Gasteiger partial charge in [0.05, 0.1) is 6.61 Å². The van der Waals surface area contributed by atoms with Crippen LogP contribution in [0.1, 0.15) is 32.3 Å². The number of ether oxygens (including phenoxy) is 1. The molecule has 0 amide bonds. The number of hydrogen-bond acceptors (Lipinski definition) is 3. The summed E-state index contributed by atoms with van der Waals surface area (Å²) in [6, 6.07) is 8.31. The summed E-state index contributed by atoms with van der Waals surface area (Å²) < 4.78 is 4.92. The van der Waals surface area contributed by atoms with Crippen LogP contribution in [-0.4, -0.2) is 43.2 Å². The van der Waals surface area contributed by atoms with Gasteiger partial charge < -0.3 is 20.4 Å². The number of nitrogens with zero attached hydrogens (tertiary/aromatic N) is 1. The zero-order valence-electron chi connectivity index (χ0n) is 15.5. The molecule has 0 bridgehead atoms. The van der Waals surface area contributed by atoms with Crippen molar-refractivity contribution in [2.75, 3.05) is 26.2 Å². The Morgan fingerprint density at radius 1 is 1.23 bits per heavy atom. The van der Waals surface area contributed by atoms with Gasteiger partial charge >= 0.3 is 5.97 Å². The van der Waals surface area contributed by atoms with Crippen molar-refractivity contribution in [3.05, 3.63) is 36.0 Å². The maximum absolute atomic E-state index is 11.3. The highest BCUT2D eigenvalue weighted by atomic mass is 127. The fourth-order valence-corrected chi connectivity index (χ4v) is 2.64. The molecule has 0 aliphatic rings. The maximum Gasteiger partial charge on any atom is 0.305 e. The number of aliphatic imine (C=N–C) groups is 1. The van der Waals surface area contributed by atoms with Gasteiger partial charge in [-0.3, -0.25) is 9.79 Å². The number of rotatable bonds is 9. The molecule has 2 rings (SSSR count). The third-order valence-electron chi connectivity index (χ3n) is 3.82. The Labute approximate surface area is 172 Å². The van der Waals surface area contributed by atoms with Crippen LogP contribution in [-0.2, 0) is 16.0 Å². The SMILES string of the molecule is CCNC(=NCCCC(=O)OCC)NCCc1c[nH]c2ccccc12.I. The first-order valence-electron chi connectivity index (χ1n) is 8.97. The minimum absolute atomic E-state index is 0. The van der Waals surface area contributed by atoms with E-state index in [4.69, 9.17) is 4.74 Å². The molecule has 0 aliphatic carbocycles. The van der Waals surface area contributed by atoms with E-state index in [-0.39, 0.29) is 29.9 Å². The highest BCUT2D eigenvalue weighted by molar-refractivity contribution is 14.0.